The highest BCUT2D eigenvalue weighted by atomic mass is 19.4. The fraction of sp³-hybridized carbons (Fsp3) is 0.462. The van der Waals surface area contributed by atoms with Gasteiger partial charge in [0.05, 0.1) is 6.61 Å². The molecule has 0 aliphatic heterocycles. The first-order chi connectivity index (χ1) is 9.31. The lowest BCUT2D eigenvalue weighted by Gasteiger charge is -2.10. The van der Waals surface area contributed by atoms with Gasteiger partial charge >= 0.3 is 6.18 Å². The second kappa shape index (κ2) is 7.02. The highest BCUT2D eigenvalue weighted by Gasteiger charge is 2.26. The van der Waals surface area contributed by atoms with Crippen LogP contribution in [0.2, 0.25) is 0 Å². The van der Waals surface area contributed by atoms with Crippen LogP contribution in [0.15, 0.2) is 18.2 Å². The monoisotopic (exact) mass is 290 g/mol. The second-order valence-corrected chi connectivity index (χ2v) is 4.20. The lowest BCUT2D eigenvalue weighted by molar-refractivity contribution is -0.135. The summed E-state index contributed by atoms with van der Waals surface area (Å²) in [5, 5.41) is 2.42. The molecule has 0 saturated heterocycles. The van der Waals surface area contributed by atoms with Crippen LogP contribution in [0.25, 0.3) is 0 Å². The third kappa shape index (κ3) is 5.81. The molecule has 0 aliphatic carbocycles. The summed E-state index contributed by atoms with van der Waals surface area (Å²) in [6.07, 6.45) is -5.28. The van der Waals surface area contributed by atoms with Gasteiger partial charge in [-0.3, -0.25) is 4.79 Å². The molecule has 0 aliphatic rings. The van der Waals surface area contributed by atoms with Crippen LogP contribution in [0.5, 0.6) is 5.75 Å². The van der Waals surface area contributed by atoms with Crippen LogP contribution in [-0.2, 0) is 0 Å². The molecular formula is C13H17F3N2O2. The summed E-state index contributed by atoms with van der Waals surface area (Å²) in [7, 11) is 0. The van der Waals surface area contributed by atoms with Gasteiger partial charge in [-0.05, 0) is 25.5 Å². The molecule has 0 saturated carbocycles. The topological polar surface area (TPSA) is 64.3 Å². The third-order valence-electron chi connectivity index (χ3n) is 2.42. The van der Waals surface area contributed by atoms with Crippen LogP contribution in [-0.4, -0.2) is 25.2 Å². The predicted octanol–water partition coefficient (Wildman–Crippen LogP) is 2.74. The van der Waals surface area contributed by atoms with Crippen molar-refractivity contribution in [1.82, 2.24) is 5.32 Å². The van der Waals surface area contributed by atoms with Crippen LogP contribution in [0.3, 0.4) is 0 Å². The maximum absolute atomic E-state index is 11.9. The molecule has 3 N–H and O–H groups in total. The number of hydrogen-bond acceptors (Lipinski definition) is 3. The molecule has 0 aromatic heterocycles. The quantitative estimate of drug-likeness (QED) is 0.625. The Morgan fingerprint density at radius 3 is 2.65 bits per heavy atom. The van der Waals surface area contributed by atoms with E-state index < -0.39 is 18.5 Å². The number of amides is 1. The Bertz CT molecular complexity index is 461. The fourth-order valence-electron chi connectivity index (χ4n) is 1.60. The number of nitrogens with one attached hydrogen (secondary N) is 1. The highest BCUT2D eigenvalue weighted by Crippen LogP contribution is 2.21. The summed E-state index contributed by atoms with van der Waals surface area (Å²) in [4.78, 5) is 11.8. The van der Waals surface area contributed by atoms with Crippen molar-refractivity contribution in [2.75, 3.05) is 18.9 Å². The molecule has 7 heteroatoms. The zero-order valence-corrected chi connectivity index (χ0v) is 11.1. The first-order valence-electron chi connectivity index (χ1n) is 6.20. The molecule has 112 valence electrons. The van der Waals surface area contributed by atoms with Gasteiger partial charge in [0.1, 0.15) is 5.75 Å². The van der Waals surface area contributed by atoms with E-state index in [1.807, 2.05) is 0 Å². The van der Waals surface area contributed by atoms with Crippen LogP contribution >= 0.6 is 0 Å². The Hall–Kier alpha value is -1.92. The Morgan fingerprint density at radius 1 is 1.35 bits per heavy atom. The average Bonchev–Trinajstić information content (AvgIpc) is 2.33. The molecule has 4 nitrogen and oxygen atoms in total. The van der Waals surface area contributed by atoms with Gasteiger partial charge in [0.15, 0.2) is 0 Å². The number of carbonyl (C=O) groups is 1. The molecule has 0 radical (unpaired) electrons. The van der Waals surface area contributed by atoms with Gasteiger partial charge < -0.3 is 15.8 Å². The maximum atomic E-state index is 11.9. The first kappa shape index (κ1) is 16.1. The van der Waals surface area contributed by atoms with Crippen LogP contribution in [0, 0.1) is 0 Å². The molecule has 0 spiro atoms. The van der Waals surface area contributed by atoms with Gasteiger partial charge in [-0.25, -0.2) is 0 Å². The highest BCUT2D eigenvalue weighted by molar-refractivity contribution is 5.95. The normalized spacial score (nSPS) is 11.2. The minimum Gasteiger partial charge on any atom is -0.494 e. The van der Waals surface area contributed by atoms with Crippen molar-refractivity contribution in [1.29, 1.82) is 0 Å². The first-order valence-corrected chi connectivity index (χ1v) is 6.20. The van der Waals surface area contributed by atoms with Crippen molar-refractivity contribution in [3.63, 3.8) is 0 Å². The van der Waals surface area contributed by atoms with E-state index in [2.05, 4.69) is 5.32 Å². The molecule has 0 bridgehead atoms. The number of anilines is 1. The number of alkyl halides is 3. The number of hydrogen-bond donors (Lipinski definition) is 2. The zero-order valence-electron chi connectivity index (χ0n) is 11.1. The summed E-state index contributed by atoms with van der Waals surface area (Å²) in [5.41, 5.74) is 6.25. The number of nitrogens with two attached hydrogens (primary N) is 1. The molecule has 1 aromatic carbocycles. The second-order valence-electron chi connectivity index (χ2n) is 4.20. The number of halogens is 3. The van der Waals surface area contributed by atoms with Gasteiger partial charge in [0.2, 0.25) is 0 Å². The molecule has 1 amide bonds. The Labute approximate surface area is 115 Å². The predicted molar refractivity (Wildman–Crippen MR) is 69.6 cm³/mol. The van der Waals surface area contributed by atoms with Crippen LogP contribution in [0.1, 0.15) is 30.1 Å². The summed E-state index contributed by atoms with van der Waals surface area (Å²) in [6.45, 7) is 2.17. The number of carbonyl (C=O) groups excluding carboxylic acids is 1. The molecule has 0 fully saturated rings. The molecule has 0 unspecified atom stereocenters. The minimum atomic E-state index is -4.20. The molecule has 1 rings (SSSR count). The maximum Gasteiger partial charge on any atom is 0.389 e. The zero-order chi connectivity index (χ0) is 15.2. The standard InChI is InChI=1S/C13H17F3N2O2/c1-2-20-11-7-9(6-10(17)8-11)12(19)18-5-3-4-13(14,15)16/h6-8H,2-5,17H2,1H3,(H,18,19). The molecule has 20 heavy (non-hydrogen) atoms. The van der Waals surface area contributed by atoms with Crippen molar-refractivity contribution >= 4 is 11.6 Å². The van der Waals surface area contributed by atoms with Crippen molar-refractivity contribution in [2.45, 2.75) is 25.9 Å². The smallest absolute Gasteiger partial charge is 0.389 e. The summed E-state index contributed by atoms with van der Waals surface area (Å²) < 4.78 is 41.1. The van der Waals surface area contributed by atoms with Crippen LogP contribution in [0.4, 0.5) is 18.9 Å². The summed E-state index contributed by atoms with van der Waals surface area (Å²) in [5.74, 6) is -0.0200. The van der Waals surface area contributed by atoms with Gasteiger partial charge in [-0.1, -0.05) is 0 Å². The molecule has 0 heterocycles. The number of rotatable bonds is 6. The molecular weight excluding hydrogens is 273 g/mol. The lowest BCUT2D eigenvalue weighted by atomic mass is 10.1. The number of nitrogen functional groups attached to an aromatic ring is 1. The van der Waals surface area contributed by atoms with Crippen molar-refractivity contribution in [2.24, 2.45) is 0 Å². The Balaban J connectivity index is 2.55. The van der Waals surface area contributed by atoms with Gasteiger partial charge in [0, 0.05) is 30.3 Å². The van der Waals surface area contributed by atoms with E-state index in [0.29, 0.717) is 18.0 Å². The minimum absolute atomic E-state index is 0.0445. The van der Waals surface area contributed by atoms with E-state index in [1.54, 1.807) is 13.0 Å². The average molecular weight is 290 g/mol. The van der Waals surface area contributed by atoms with Gasteiger partial charge in [-0.2, -0.15) is 13.2 Å². The van der Waals surface area contributed by atoms with Gasteiger partial charge in [-0.15, -0.1) is 0 Å². The van der Waals surface area contributed by atoms with Crippen molar-refractivity contribution < 1.29 is 22.7 Å². The van der Waals surface area contributed by atoms with Crippen molar-refractivity contribution in [3.05, 3.63) is 23.8 Å². The van der Waals surface area contributed by atoms with Gasteiger partial charge in [0.25, 0.3) is 5.91 Å². The van der Waals surface area contributed by atoms with E-state index in [9.17, 15) is 18.0 Å². The lowest BCUT2D eigenvalue weighted by Crippen LogP contribution is -2.25. The largest absolute Gasteiger partial charge is 0.494 e. The Kier molecular flexibility index (Phi) is 5.66. The fourth-order valence-corrected chi connectivity index (χ4v) is 1.60. The Morgan fingerprint density at radius 2 is 2.05 bits per heavy atom. The van der Waals surface area contributed by atoms with Crippen LogP contribution < -0.4 is 15.8 Å². The van der Waals surface area contributed by atoms with E-state index in [-0.39, 0.29) is 18.5 Å². The molecule has 0 atom stereocenters. The SMILES string of the molecule is CCOc1cc(N)cc(C(=O)NCCCC(F)(F)F)c1. The van der Waals surface area contributed by atoms with E-state index in [1.165, 1.54) is 12.1 Å². The summed E-state index contributed by atoms with van der Waals surface area (Å²) in [6, 6.07) is 4.52. The molecule has 1 aromatic rings. The third-order valence-corrected chi connectivity index (χ3v) is 2.42. The summed E-state index contributed by atoms with van der Waals surface area (Å²) >= 11 is 0. The number of ether oxygens (including phenoxy) is 1. The van der Waals surface area contributed by atoms with E-state index in [4.69, 9.17) is 10.5 Å². The van der Waals surface area contributed by atoms with E-state index >= 15 is 0 Å². The van der Waals surface area contributed by atoms with Crippen molar-refractivity contribution in [3.8, 4) is 5.75 Å². The van der Waals surface area contributed by atoms with E-state index in [0.717, 1.165) is 0 Å². The number of benzene rings is 1.